The summed E-state index contributed by atoms with van der Waals surface area (Å²) in [7, 11) is 0. The molecule has 23 heavy (non-hydrogen) atoms. The Labute approximate surface area is 137 Å². The molecule has 4 aliphatic carbocycles. The predicted molar refractivity (Wildman–Crippen MR) is 84.6 cm³/mol. The van der Waals surface area contributed by atoms with Crippen LogP contribution in [0.3, 0.4) is 0 Å². The molecule has 5 aliphatic rings. The summed E-state index contributed by atoms with van der Waals surface area (Å²) in [5, 5.41) is 14.9. The summed E-state index contributed by atoms with van der Waals surface area (Å²) in [4.78, 5) is 24.7. The predicted octanol–water partition coefficient (Wildman–Crippen LogP) is 1.70. The fraction of sp³-hybridized carbons (Fsp3) is 0.895. The molecule has 1 aliphatic heterocycles. The van der Waals surface area contributed by atoms with Gasteiger partial charge in [-0.15, -0.1) is 0 Å². The number of aliphatic hydroxyl groups is 1. The second kappa shape index (κ2) is 4.08. The van der Waals surface area contributed by atoms with Crippen molar-refractivity contribution in [3.8, 4) is 0 Å². The molecule has 1 saturated heterocycles. The number of carbonyl (C=O) groups excluding carboxylic acids is 2. The number of hydrogen-bond acceptors (Lipinski definition) is 4. The van der Waals surface area contributed by atoms with Crippen molar-refractivity contribution in [3.05, 3.63) is 0 Å². The van der Waals surface area contributed by atoms with Crippen molar-refractivity contribution in [2.75, 3.05) is 6.54 Å². The number of carbonyl (C=O) groups is 2. The van der Waals surface area contributed by atoms with Crippen LogP contribution in [0.1, 0.15) is 52.4 Å². The van der Waals surface area contributed by atoms with Gasteiger partial charge >= 0.3 is 0 Å². The van der Waals surface area contributed by atoms with Gasteiger partial charge in [0.05, 0.1) is 5.60 Å². The van der Waals surface area contributed by atoms with Gasteiger partial charge in [-0.3, -0.25) is 9.59 Å². The van der Waals surface area contributed by atoms with Crippen LogP contribution < -0.4 is 5.32 Å². The van der Waals surface area contributed by atoms with Crippen molar-refractivity contribution >= 4 is 11.6 Å². The molecule has 0 radical (unpaired) electrons. The maximum Gasteiger partial charge on any atom is 0.142 e. The molecule has 1 heterocycles. The number of Topliss-reactive ketones (excluding diaryl/α,β-unsaturated/α-hetero) is 2. The summed E-state index contributed by atoms with van der Waals surface area (Å²) in [5.74, 6) is 2.44. The van der Waals surface area contributed by atoms with E-state index in [1.165, 1.54) is 0 Å². The largest absolute Gasteiger partial charge is 0.388 e. The minimum atomic E-state index is -0.900. The first-order chi connectivity index (χ1) is 10.8. The Morgan fingerprint density at radius 3 is 2.78 bits per heavy atom. The number of hydrogen-bond donors (Lipinski definition) is 2. The van der Waals surface area contributed by atoms with Crippen molar-refractivity contribution in [1.29, 1.82) is 0 Å². The molecule has 0 spiro atoms. The van der Waals surface area contributed by atoms with Gasteiger partial charge in [0.25, 0.3) is 0 Å². The normalized spacial score (nSPS) is 60.6. The highest BCUT2D eigenvalue weighted by Gasteiger charge is 2.72. The van der Waals surface area contributed by atoms with E-state index < -0.39 is 5.60 Å². The molecule has 0 aromatic heterocycles. The lowest BCUT2D eigenvalue weighted by Gasteiger charge is -2.62. The number of nitrogens with one attached hydrogen (secondary N) is 1. The van der Waals surface area contributed by atoms with Gasteiger partial charge < -0.3 is 10.4 Å². The van der Waals surface area contributed by atoms with E-state index in [0.29, 0.717) is 54.9 Å². The quantitative estimate of drug-likeness (QED) is 0.714. The van der Waals surface area contributed by atoms with Crippen LogP contribution in [-0.4, -0.2) is 34.9 Å². The van der Waals surface area contributed by atoms with Gasteiger partial charge in [0.2, 0.25) is 0 Å². The molecule has 126 valence electrons. The SMILES string of the molecule is CC12CCC3C(NCC4(O)CC(=O)CCC34C)C1C1CC1C2=O. The molecule has 4 heteroatoms. The van der Waals surface area contributed by atoms with Gasteiger partial charge in [-0.2, -0.15) is 0 Å². The molecule has 8 atom stereocenters. The molecule has 4 nitrogen and oxygen atoms in total. The third-order valence-corrected chi connectivity index (χ3v) is 8.66. The van der Waals surface area contributed by atoms with E-state index in [0.717, 1.165) is 25.7 Å². The molecular formula is C19H27NO3. The van der Waals surface area contributed by atoms with Crippen LogP contribution in [0.2, 0.25) is 0 Å². The smallest absolute Gasteiger partial charge is 0.142 e. The molecule has 0 aromatic carbocycles. The lowest BCUT2D eigenvalue weighted by molar-refractivity contribution is -0.188. The summed E-state index contributed by atoms with van der Waals surface area (Å²) in [6.07, 6.45) is 4.76. The van der Waals surface area contributed by atoms with E-state index in [2.05, 4.69) is 19.2 Å². The van der Waals surface area contributed by atoms with Gasteiger partial charge in [0, 0.05) is 42.2 Å². The minimum Gasteiger partial charge on any atom is -0.388 e. The number of β-amino-alcohol motifs (C(OH)–C–C–N with tert-alkyl or cyclic N) is 1. The molecule has 5 fully saturated rings. The highest BCUT2D eigenvalue weighted by atomic mass is 16.3. The zero-order valence-electron chi connectivity index (χ0n) is 14.1. The van der Waals surface area contributed by atoms with Gasteiger partial charge in [-0.1, -0.05) is 13.8 Å². The lowest BCUT2D eigenvalue weighted by atomic mass is 9.47. The summed E-state index contributed by atoms with van der Waals surface area (Å²) in [5.41, 5.74) is -1.23. The number of ketones is 2. The standard InChI is InChI=1S/C19H27NO3/c1-17-5-4-13-15(14(17)11-7-12(11)16(17)22)20-9-19(23)8-10(21)3-6-18(13,19)2/h11-15,20,23H,3-9H2,1-2H3. The Morgan fingerprint density at radius 1 is 1.22 bits per heavy atom. The first-order valence-corrected chi connectivity index (χ1v) is 9.32. The Kier molecular flexibility index (Phi) is 2.59. The molecule has 4 saturated carbocycles. The number of piperidine rings is 1. The zero-order chi connectivity index (χ0) is 16.2. The highest BCUT2D eigenvalue weighted by Crippen LogP contribution is 2.69. The van der Waals surface area contributed by atoms with Gasteiger partial charge in [0.15, 0.2) is 0 Å². The first kappa shape index (κ1) is 14.6. The maximum absolute atomic E-state index is 12.7. The Balaban J connectivity index is 1.53. The summed E-state index contributed by atoms with van der Waals surface area (Å²) < 4.78 is 0. The van der Waals surface area contributed by atoms with Crippen molar-refractivity contribution in [2.24, 2.45) is 34.5 Å². The van der Waals surface area contributed by atoms with E-state index in [9.17, 15) is 14.7 Å². The fourth-order valence-electron chi connectivity index (χ4n) is 7.12. The van der Waals surface area contributed by atoms with Crippen LogP contribution in [0.15, 0.2) is 0 Å². The molecule has 0 bridgehead atoms. The van der Waals surface area contributed by atoms with E-state index >= 15 is 0 Å². The molecule has 8 unspecified atom stereocenters. The Hall–Kier alpha value is -0.740. The zero-order valence-corrected chi connectivity index (χ0v) is 14.1. The maximum atomic E-state index is 12.7. The van der Waals surface area contributed by atoms with E-state index in [4.69, 9.17) is 0 Å². The first-order valence-electron chi connectivity index (χ1n) is 9.32. The molecule has 5 rings (SSSR count). The molecule has 2 N–H and O–H groups in total. The van der Waals surface area contributed by atoms with Crippen molar-refractivity contribution in [1.82, 2.24) is 5.32 Å². The molecule has 0 amide bonds. The third kappa shape index (κ3) is 1.55. The van der Waals surface area contributed by atoms with Crippen molar-refractivity contribution < 1.29 is 14.7 Å². The summed E-state index contributed by atoms with van der Waals surface area (Å²) >= 11 is 0. The van der Waals surface area contributed by atoms with E-state index in [1.54, 1.807) is 0 Å². The van der Waals surface area contributed by atoms with E-state index in [-0.39, 0.29) is 16.6 Å². The van der Waals surface area contributed by atoms with Crippen LogP contribution in [0.25, 0.3) is 0 Å². The topological polar surface area (TPSA) is 66.4 Å². The highest BCUT2D eigenvalue weighted by molar-refractivity contribution is 5.93. The van der Waals surface area contributed by atoms with Crippen LogP contribution in [0, 0.1) is 34.5 Å². The van der Waals surface area contributed by atoms with Crippen LogP contribution >= 0.6 is 0 Å². The average molecular weight is 317 g/mol. The average Bonchev–Trinajstić information content (AvgIpc) is 3.23. The molecule has 0 aromatic rings. The van der Waals surface area contributed by atoms with Gasteiger partial charge in [-0.05, 0) is 43.4 Å². The van der Waals surface area contributed by atoms with Crippen LogP contribution in [0.5, 0.6) is 0 Å². The Bertz CT molecular complexity index is 618. The van der Waals surface area contributed by atoms with Gasteiger partial charge in [0.1, 0.15) is 11.6 Å². The number of rotatable bonds is 0. The number of fused-ring (bicyclic) bond motifs is 7. The fourth-order valence-corrected chi connectivity index (χ4v) is 7.12. The summed E-state index contributed by atoms with van der Waals surface area (Å²) in [6.45, 7) is 4.91. The second-order valence-corrected chi connectivity index (χ2v) is 9.53. The Morgan fingerprint density at radius 2 is 2.00 bits per heavy atom. The van der Waals surface area contributed by atoms with E-state index in [1.807, 2.05) is 0 Å². The third-order valence-electron chi connectivity index (χ3n) is 8.66. The van der Waals surface area contributed by atoms with Gasteiger partial charge in [-0.25, -0.2) is 0 Å². The minimum absolute atomic E-state index is 0.141. The van der Waals surface area contributed by atoms with Crippen molar-refractivity contribution in [3.63, 3.8) is 0 Å². The molecular weight excluding hydrogens is 290 g/mol. The van der Waals surface area contributed by atoms with Crippen LogP contribution in [0.4, 0.5) is 0 Å². The van der Waals surface area contributed by atoms with Crippen LogP contribution in [-0.2, 0) is 9.59 Å². The lowest BCUT2D eigenvalue weighted by Crippen LogP contribution is -2.72. The second-order valence-electron chi connectivity index (χ2n) is 9.53. The summed E-state index contributed by atoms with van der Waals surface area (Å²) in [6, 6.07) is 0.341. The van der Waals surface area contributed by atoms with Crippen molar-refractivity contribution in [2.45, 2.75) is 64.0 Å². The monoisotopic (exact) mass is 317 g/mol.